The summed E-state index contributed by atoms with van der Waals surface area (Å²) in [5.74, 6) is -0.670. The number of benzene rings is 1. The third-order valence-corrected chi connectivity index (χ3v) is 4.69. The van der Waals surface area contributed by atoms with Gasteiger partial charge in [0, 0.05) is 38.3 Å². The summed E-state index contributed by atoms with van der Waals surface area (Å²) < 4.78 is 0. The van der Waals surface area contributed by atoms with Crippen molar-refractivity contribution in [3.8, 4) is 0 Å². The molecule has 1 N–H and O–H groups in total. The molecule has 0 radical (unpaired) electrons. The summed E-state index contributed by atoms with van der Waals surface area (Å²) in [5.41, 5.74) is 2.74. The van der Waals surface area contributed by atoms with Gasteiger partial charge in [-0.15, -0.1) is 0 Å². The molecule has 0 saturated carbocycles. The summed E-state index contributed by atoms with van der Waals surface area (Å²) in [6, 6.07) is 8.64. The molecule has 128 valence electrons. The van der Waals surface area contributed by atoms with Gasteiger partial charge in [-0.3, -0.25) is 9.69 Å². The topological polar surface area (TPSA) is 43.8 Å². The molecule has 1 aromatic carbocycles. The van der Waals surface area contributed by atoms with Gasteiger partial charge in [0.2, 0.25) is 0 Å². The second-order valence-corrected chi connectivity index (χ2v) is 6.53. The molecule has 1 fully saturated rings. The number of carbonyl (C=O) groups is 1. The van der Waals surface area contributed by atoms with Crippen LogP contribution in [0.1, 0.15) is 44.1 Å². The van der Waals surface area contributed by atoms with Crippen molar-refractivity contribution in [1.82, 2.24) is 4.90 Å². The number of carboxylic acid groups (broad SMARTS) is 1. The van der Waals surface area contributed by atoms with Crippen LogP contribution in [0.15, 0.2) is 24.3 Å². The quantitative estimate of drug-likeness (QED) is 0.707. The number of aliphatic carboxylic acids is 1. The molecule has 0 unspecified atom stereocenters. The Bertz CT molecular complexity index is 482. The lowest BCUT2D eigenvalue weighted by Gasteiger charge is -2.36. The molecule has 1 aromatic rings. The van der Waals surface area contributed by atoms with Crippen LogP contribution in [0.25, 0.3) is 0 Å². The highest BCUT2D eigenvalue weighted by molar-refractivity contribution is 5.66. The van der Waals surface area contributed by atoms with Crippen LogP contribution in [0.2, 0.25) is 0 Å². The standard InChI is InChI=1S/C19H30N2O2/c1-17-9-6-7-10-18(17)21-15-13-20(14-16-21)12-8-4-2-3-5-11-19(22)23/h6-7,9-10H,2-5,8,11-16H2,1H3,(H,22,23). The van der Waals surface area contributed by atoms with Crippen molar-refractivity contribution in [2.45, 2.75) is 45.4 Å². The first-order valence-corrected chi connectivity index (χ1v) is 8.91. The van der Waals surface area contributed by atoms with E-state index >= 15 is 0 Å². The highest BCUT2D eigenvalue weighted by Gasteiger charge is 2.17. The van der Waals surface area contributed by atoms with E-state index in [0.29, 0.717) is 6.42 Å². The largest absolute Gasteiger partial charge is 0.481 e. The van der Waals surface area contributed by atoms with Gasteiger partial charge in [0.25, 0.3) is 0 Å². The molecule has 0 aromatic heterocycles. The minimum atomic E-state index is -0.670. The number of hydrogen-bond acceptors (Lipinski definition) is 3. The molecule has 1 aliphatic rings. The average Bonchev–Trinajstić information content (AvgIpc) is 2.55. The Morgan fingerprint density at radius 2 is 1.65 bits per heavy atom. The van der Waals surface area contributed by atoms with Gasteiger partial charge in [0.05, 0.1) is 0 Å². The van der Waals surface area contributed by atoms with Gasteiger partial charge in [-0.25, -0.2) is 0 Å². The third kappa shape index (κ3) is 6.22. The van der Waals surface area contributed by atoms with Crippen LogP contribution in [0.4, 0.5) is 5.69 Å². The molecule has 1 heterocycles. The second kappa shape index (κ2) is 9.56. The first kappa shape index (κ1) is 17.8. The van der Waals surface area contributed by atoms with Crippen LogP contribution in [0, 0.1) is 6.92 Å². The van der Waals surface area contributed by atoms with Gasteiger partial charge in [-0.1, -0.05) is 37.5 Å². The van der Waals surface area contributed by atoms with E-state index in [1.165, 1.54) is 30.6 Å². The van der Waals surface area contributed by atoms with E-state index in [2.05, 4.69) is 41.0 Å². The number of rotatable bonds is 9. The normalized spacial score (nSPS) is 15.8. The zero-order chi connectivity index (χ0) is 16.5. The molecule has 0 amide bonds. The van der Waals surface area contributed by atoms with Crippen LogP contribution < -0.4 is 4.90 Å². The first-order valence-electron chi connectivity index (χ1n) is 8.91. The fraction of sp³-hybridized carbons (Fsp3) is 0.632. The van der Waals surface area contributed by atoms with E-state index in [-0.39, 0.29) is 0 Å². The molecular formula is C19H30N2O2. The number of piperazine rings is 1. The summed E-state index contributed by atoms with van der Waals surface area (Å²) in [6.45, 7) is 7.89. The van der Waals surface area contributed by atoms with Crippen LogP contribution in [0.3, 0.4) is 0 Å². The Morgan fingerprint density at radius 1 is 1.00 bits per heavy atom. The Labute approximate surface area is 140 Å². The predicted molar refractivity (Wildman–Crippen MR) is 95.2 cm³/mol. The highest BCUT2D eigenvalue weighted by Crippen LogP contribution is 2.20. The summed E-state index contributed by atoms with van der Waals surface area (Å²) in [4.78, 5) is 15.5. The molecule has 23 heavy (non-hydrogen) atoms. The molecule has 0 aliphatic carbocycles. The number of hydrogen-bond donors (Lipinski definition) is 1. The third-order valence-electron chi connectivity index (χ3n) is 4.69. The molecule has 4 heteroatoms. The van der Waals surface area contributed by atoms with Crippen LogP contribution in [-0.2, 0) is 4.79 Å². The molecule has 1 saturated heterocycles. The van der Waals surface area contributed by atoms with E-state index in [9.17, 15) is 4.79 Å². The van der Waals surface area contributed by atoms with Gasteiger partial charge in [-0.05, 0) is 37.9 Å². The lowest BCUT2D eigenvalue weighted by molar-refractivity contribution is -0.137. The summed E-state index contributed by atoms with van der Waals surface area (Å²) in [5, 5.41) is 8.60. The van der Waals surface area contributed by atoms with E-state index in [1.807, 2.05) is 0 Å². The predicted octanol–water partition coefficient (Wildman–Crippen LogP) is 3.54. The fourth-order valence-corrected chi connectivity index (χ4v) is 3.27. The van der Waals surface area contributed by atoms with E-state index < -0.39 is 5.97 Å². The average molecular weight is 318 g/mol. The monoisotopic (exact) mass is 318 g/mol. The zero-order valence-electron chi connectivity index (χ0n) is 14.3. The van der Waals surface area contributed by atoms with Gasteiger partial charge in [0.15, 0.2) is 0 Å². The molecule has 4 nitrogen and oxygen atoms in total. The molecule has 0 bridgehead atoms. The Balaban J connectivity index is 1.57. The molecule has 2 rings (SSSR count). The van der Waals surface area contributed by atoms with Crippen molar-refractivity contribution in [3.63, 3.8) is 0 Å². The maximum Gasteiger partial charge on any atom is 0.303 e. The van der Waals surface area contributed by atoms with E-state index in [1.54, 1.807) is 0 Å². The Hall–Kier alpha value is -1.55. The van der Waals surface area contributed by atoms with Gasteiger partial charge < -0.3 is 10.0 Å². The van der Waals surface area contributed by atoms with Crippen LogP contribution in [-0.4, -0.2) is 48.7 Å². The number of anilines is 1. The number of unbranched alkanes of at least 4 members (excludes halogenated alkanes) is 4. The fourth-order valence-electron chi connectivity index (χ4n) is 3.27. The summed E-state index contributed by atoms with van der Waals surface area (Å²) >= 11 is 0. The molecule has 1 aliphatic heterocycles. The second-order valence-electron chi connectivity index (χ2n) is 6.53. The van der Waals surface area contributed by atoms with Gasteiger partial charge in [-0.2, -0.15) is 0 Å². The summed E-state index contributed by atoms with van der Waals surface area (Å²) in [6.07, 6.45) is 5.81. The smallest absolute Gasteiger partial charge is 0.303 e. The minimum absolute atomic E-state index is 0.320. The highest BCUT2D eigenvalue weighted by atomic mass is 16.4. The Morgan fingerprint density at radius 3 is 2.35 bits per heavy atom. The van der Waals surface area contributed by atoms with Crippen molar-refractivity contribution in [2.75, 3.05) is 37.6 Å². The number of carboxylic acids is 1. The van der Waals surface area contributed by atoms with Crippen molar-refractivity contribution in [3.05, 3.63) is 29.8 Å². The molecular weight excluding hydrogens is 288 g/mol. The van der Waals surface area contributed by atoms with Crippen molar-refractivity contribution in [2.24, 2.45) is 0 Å². The van der Waals surface area contributed by atoms with Crippen LogP contribution in [0.5, 0.6) is 0 Å². The lowest BCUT2D eigenvalue weighted by Crippen LogP contribution is -2.46. The van der Waals surface area contributed by atoms with Crippen LogP contribution >= 0.6 is 0 Å². The Kier molecular flexibility index (Phi) is 7.40. The molecule has 0 atom stereocenters. The SMILES string of the molecule is Cc1ccccc1N1CCN(CCCCCCCC(=O)O)CC1. The van der Waals surface area contributed by atoms with Crippen molar-refractivity contribution < 1.29 is 9.90 Å². The van der Waals surface area contributed by atoms with Gasteiger partial charge in [0.1, 0.15) is 0 Å². The zero-order valence-corrected chi connectivity index (χ0v) is 14.3. The maximum atomic E-state index is 10.4. The number of nitrogens with zero attached hydrogens (tertiary/aromatic N) is 2. The van der Waals surface area contributed by atoms with Crippen molar-refractivity contribution >= 4 is 11.7 Å². The van der Waals surface area contributed by atoms with Gasteiger partial charge >= 0.3 is 5.97 Å². The molecule has 0 spiro atoms. The lowest BCUT2D eigenvalue weighted by atomic mass is 10.1. The van der Waals surface area contributed by atoms with E-state index in [4.69, 9.17) is 5.11 Å². The minimum Gasteiger partial charge on any atom is -0.481 e. The number of para-hydroxylation sites is 1. The summed E-state index contributed by atoms with van der Waals surface area (Å²) in [7, 11) is 0. The van der Waals surface area contributed by atoms with Crippen molar-refractivity contribution in [1.29, 1.82) is 0 Å². The van der Waals surface area contributed by atoms with E-state index in [0.717, 1.165) is 45.4 Å². The number of aryl methyl sites for hydroxylation is 1. The maximum absolute atomic E-state index is 10.4. The first-order chi connectivity index (χ1) is 11.2.